The van der Waals surface area contributed by atoms with E-state index in [9.17, 15) is 14.7 Å². The molecule has 0 saturated carbocycles. The number of ether oxygens (including phenoxy) is 2. The third-order valence-electron chi connectivity index (χ3n) is 3.02. The molecule has 134 valence electrons. The quantitative estimate of drug-likeness (QED) is 0.550. The second kappa shape index (κ2) is 8.72. The van der Waals surface area contributed by atoms with E-state index in [0.29, 0.717) is 28.7 Å². The zero-order valence-corrected chi connectivity index (χ0v) is 15.0. The van der Waals surface area contributed by atoms with Crippen LogP contribution in [0.4, 0.5) is 0 Å². The van der Waals surface area contributed by atoms with Crippen molar-refractivity contribution in [1.29, 1.82) is 0 Å². The predicted octanol–water partition coefficient (Wildman–Crippen LogP) is 0.809. The Bertz CT molecular complexity index is 738. The number of nitrogens with zero attached hydrogens (tertiary/aromatic N) is 2. The van der Waals surface area contributed by atoms with Crippen LogP contribution in [-0.2, 0) is 9.59 Å². The van der Waals surface area contributed by atoms with E-state index in [1.807, 2.05) is 6.92 Å². The molecule has 25 heavy (non-hydrogen) atoms. The first kappa shape index (κ1) is 19.1. The maximum absolute atomic E-state index is 11.6. The lowest BCUT2D eigenvalue weighted by molar-refractivity contribution is -0.305. The Morgan fingerprint density at radius 3 is 2.92 bits per heavy atom. The highest BCUT2D eigenvalue weighted by molar-refractivity contribution is 8.15. The van der Waals surface area contributed by atoms with Gasteiger partial charge in [-0.05, 0) is 19.1 Å². The standard InChI is InChI=1S/C15H16ClN3O5S/c1-3-24-13-9(16)4-8(5-10(13)23-2)7-17-19-15-18-14(22)11(25-15)6-12(20)21/h4-5,7,11H,3,6H2,1-2H3,(H,20,21)(H,18,19,22)/p-1/b17-7-/t11-/m0/s1. The largest absolute Gasteiger partial charge is 0.550 e. The molecule has 0 aliphatic carbocycles. The summed E-state index contributed by atoms with van der Waals surface area (Å²) in [6, 6.07) is 3.32. The molecule has 2 rings (SSSR count). The number of hydrogen-bond donors (Lipinski definition) is 1. The molecule has 0 spiro atoms. The number of aliphatic carboxylic acids is 1. The molecule has 1 aromatic rings. The summed E-state index contributed by atoms with van der Waals surface area (Å²) in [6.45, 7) is 2.28. The minimum Gasteiger partial charge on any atom is -0.550 e. The molecule has 1 aliphatic heterocycles. The van der Waals surface area contributed by atoms with Gasteiger partial charge in [0.05, 0.1) is 30.2 Å². The molecule has 8 nitrogen and oxygen atoms in total. The van der Waals surface area contributed by atoms with E-state index < -0.39 is 17.1 Å². The molecule has 1 saturated heterocycles. The van der Waals surface area contributed by atoms with E-state index in [-0.39, 0.29) is 11.6 Å². The van der Waals surface area contributed by atoms with Crippen molar-refractivity contribution in [1.82, 2.24) is 5.32 Å². The van der Waals surface area contributed by atoms with Crippen molar-refractivity contribution in [2.45, 2.75) is 18.6 Å². The molecule has 0 aromatic heterocycles. The lowest BCUT2D eigenvalue weighted by Gasteiger charge is -2.11. The van der Waals surface area contributed by atoms with Crippen LogP contribution in [0, 0.1) is 0 Å². The van der Waals surface area contributed by atoms with E-state index in [0.717, 1.165) is 11.8 Å². The van der Waals surface area contributed by atoms with E-state index in [4.69, 9.17) is 21.1 Å². The minimum absolute atomic E-state index is 0.219. The van der Waals surface area contributed by atoms with Gasteiger partial charge in [0.1, 0.15) is 0 Å². The van der Waals surface area contributed by atoms with E-state index in [1.54, 1.807) is 12.1 Å². The number of thioether (sulfide) groups is 1. The molecule has 10 heteroatoms. The van der Waals surface area contributed by atoms with Crippen LogP contribution in [0.2, 0.25) is 5.02 Å². The molecule has 1 aromatic carbocycles. The molecule has 0 bridgehead atoms. The van der Waals surface area contributed by atoms with Crippen molar-refractivity contribution >= 4 is 46.6 Å². The van der Waals surface area contributed by atoms with Gasteiger partial charge in [-0.1, -0.05) is 23.4 Å². The van der Waals surface area contributed by atoms with Crippen molar-refractivity contribution in [2.24, 2.45) is 10.2 Å². The van der Waals surface area contributed by atoms with Crippen LogP contribution in [0.3, 0.4) is 0 Å². The average Bonchev–Trinajstić information content (AvgIpc) is 2.88. The lowest BCUT2D eigenvalue weighted by atomic mass is 10.2. The van der Waals surface area contributed by atoms with Crippen LogP contribution in [-0.4, -0.2) is 42.2 Å². The number of carboxylic acids is 1. The fourth-order valence-electron chi connectivity index (χ4n) is 1.98. The smallest absolute Gasteiger partial charge is 0.239 e. The van der Waals surface area contributed by atoms with Crippen molar-refractivity contribution < 1.29 is 24.2 Å². The number of carbonyl (C=O) groups excluding carboxylic acids is 2. The van der Waals surface area contributed by atoms with Gasteiger partial charge in [-0.15, -0.1) is 5.10 Å². The van der Waals surface area contributed by atoms with Crippen molar-refractivity contribution in [3.63, 3.8) is 0 Å². The van der Waals surface area contributed by atoms with Gasteiger partial charge < -0.3 is 24.7 Å². The van der Waals surface area contributed by atoms with E-state index in [1.165, 1.54) is 13.3 Å². The maximum atomic E-state index is 11.6. The molecule has 1 heterocycles. The fraction of sp³-hybridized carbons (Fsp3) is 0.333. The molecule has 1 amide bonds. The van der Waals surface area contributed by atoms with Crippen molar-refractivity contribution in [2.75, 3.05) is 13.7 Å². The van der Waals surface area contributed by atoms with Crippen molar-refractivity contribution in [3.05, 3.63) is 22.7 Å². The fourth-order valence-corrected chi connectivity index (χ4v) is 3.17. The first-order valence-electron chi connectivity index (χ1n) is 7.23. The monoisotopic (exact) mass is 384 g/mol. The normalized spacial score (nSPS) is 18.6. The average molecular weight is 385 g/mol. The summed E-state index contributed by atoms with van der Waals surface area (Å²) < 4.78 is 10.7. The number of benzene rings is 1. The van der Waals surface area contributed by atoms with Crippen LogP contribution in [0.5, 0.6) is 11.5 Å². The Hall–Kier alpha value is -2.26. The second-order valence-electron chi connectivity index (χ2n) is 4.79. The second-order valence-corrected chi connectivity index (χ2v) is 6.39. The molecule has 0 unspecified atom stereocenters. The molecule has 0 radical (unpaired) electrons. The third-order valence-corrected chi connectivity index (χ3v) is 4.38. The Balaban J connectivity index is 2.11. The van der Waals surface area contributed by atoms with Gasteiger partial charge >= 0.3 is 0 Å². The number of rotatable bonds is 7. The lowest BCUT2D eigenvalue weighted by Crippen LogP contribution is -2.31. The summed E-state index contributed by atoms with van der Waals surface area (Å²) in [5.74, 6) is -0.831. The molecular weight excluding hydrogens is 370 g/mol. The van der Waals surface area contributed by atoms with Crippen LogP contribution < -0.4 is 19.9 Å². The van der Waals surface area contributed by atoms with Gasteiger partial charge in [0.25, 0.3) is 0 Å². The maximum Gasteiger partial charge on any atom is 0.239 e. The van der Waals surface area contributed by atoms with E-state index in [2.05, 4.69) is 15.5 Å². The number of amides is 1. The minimum atomic E-state index is -1.30. The SMILES string of the molecule is CCOc1c(Cl)cc(/C=N\N=C2\NC(=O)[C@H](CC(=O)[O-])S2)cc1OC. The van der Waals surface area contributed by atoms with Gasteiger partial charge in [0, 0.05) is 18.0 Å². The highest BCUT2D eigenvalue weighted by Gasteiger charge is 2.30. The van der Waals surface area contributed by atoms with Crippen LogP contribution in [0.25, 0.3) is 0 Å². The Labute approximate surface area is 153 Å². The van der Waals surface area contributed by atoms with Gasteiger partial charge in [0.2, 0.25) is 5.91 Å². The summed E-state index contributed by atoms with van der Waals surface area (Å²) in [6.07, 6.45) is 1.04. The highest BCUT2D eigenvalue weighted by Crippen LogP contribution is 2.36. The number of carboxylic acid groups (broad SMARTS) is 1. The molecule has 1 fully saturated rings. The third kappa shape index (κ3) is 5.10. The molecule has 1 aliphatic rings. The summed E-state index contributed by atoms with van der Waals surface area (Å²) in [7, 11) is 1.50. The number of halogens is 1. The Kier molecular flexibility index (Phi) is 6.65. The molecule has 1 N–H and O–H groups in total. The zero-order valence-electron chi connectivity index (χ0n) is 13.4. The zero-order chi connectivity index (χ0) is 18.4. The molecule has 1 atom stereocenters. The summed E-state index contributed by atoms with van der Waals surface area (Å²) in [4.78, 5) is 22.1. The summed E-state index contributed by atoms with van der Waals surface area (Å²) in [5, 5.41) is 20.6. The van der Waals surface area contributed by atoms with Crippen LogP contribution >= 0.6 is 23.4 Å². The summed E-state index contributed by atoms with van der Waals surface area (Å²) >= 11 is 7.15. The number of amidine groups is 1. The molecular formula is C15H15ClN3O5S-. The van der Waals surface area contributed by atoms with Crippen LogP contribution in [0.1, 0.15) is 18.9 Å². The summed E-state index contributed by atoms with van der Waals surface area (Å²) in [5.41, 5.74) is 0.621. The van der Waals surface area contributed by atoms with Gasteiger partial charge in [-0.3, -0.25) is 4.79 Å². The van der Waals surface area contributed by atoms with Gasteiger partial charge in [-0.25, -0.2) is 0 Å². The van der Waals surface area contributed by atoms with Crippen LogP contribution in [0.15, 0.2) is 22.3 Å². The van der Waals surface area contributed by atoms with Crippen molar-refractivity contribution in [3.8, 4) is 11.5 Å². The van der Waals surface area contributed by atoms with Gasteiger partial charge in [0.15, 0.2) is 16.7 Å². The Morgan fingerprint density at radius 2 is 2.28 bits per heavy atom. The first-order valence-corrected chi connectivity index (χ1v) is 8.49. The number of hydrogen-bond acceptors (Lipinski definition) is 8. The van der Waals surface area contributed by atoms with E-state index >= 15 is 0 Å². The number of carbonyl (C=O) groups is 2. The number of methoxy groups -OCH3 is 1. The Morgan fingerprint density at radius 1 is 1.52 bits per heavy atom. The topological polar surface area (TPSA) is 112 Å². The number of nitrogens with one attached hydrogen (secondary N) is 1. The predicted molar refractivity (Wildman–Crippen MR) is 93.3 cm³/mol. The van der Waals surface area contributed by atoms with Gasteiger partial charge in [-0.2, -0.15) is 5.10 Å². The highest BCUT2D eigenvalue weighted by atomic mass is 35.5. The first-order chi connectivity index (χ1) is 11.9.